The maximum atomic E-state index is 15.0. The van der Waals surface area contributed by atoms with Gasteiger partial charge in [0.05, 0.1) is 24.7 Å². The van der Waals surface area contributed by atoms with Crippen molar-refractivity contribution in [2.75, 3.05) is 6.54 Å². The molecule has 2 fully saturated rings. The number of rotatable bonds is 8. The number of likely N-dealkylation sites (tertiary alicyclic amines) is 1. The minimum Gasteiger partial charge on any atom is -0.342 e. The van der Waals surface area contributed by atoms with Crippen LogP contribution < -0.4 is 10.9 Å². The summed E-state index contributed by atoms with van der Waals surface area (Å²) in [4.78, 5) is 48.3. The summed E-state index contributed by atoms with van der Waals surface area (Å²) in [5, 5.41) is 2.78. The largest absolute Gasteiger partial charge is 0.342 e. The van der Waals surface area contributed by atoms with Gasteiger partial charge in [-0.05, 0) is 24.5 Å². The molecule has 8 nitrogen and oxygen atoms in total. The van der Waals surface area contributed by atoms with Crippen LogP contribution >= 0.6 is 0 Å². The molecule has 5 rings (SSSR count). The van der Waals surface area contributed by atoms with Gasteiger partial charge in [-0.2, -0.15) is 4.39 Å². The van der Waals surface area contributed by atoms with E-state index in [-0.39, 0.29) is 29.9 Å². The van der Waals surface area contributed by atoms with Gasteiger partial charge < -0.3 is 14.8 Å². The molecule has 0 bridgehead atoms. The Morgan fingerprint density at radius 3 is 2.54 bits per heavy atom. The first-order valence-electron chi connectivity index (χ1n) is 13.4. The average molecular weight is 572 g/mol. The number of pyridine rings is 1. The summed E-state index contributed by atoms with van der Waals surface area (Å²) in [6.07, 6.45) is -0.123. The van der Waals surface area contributed by atoms with E-state index >= 15 is 0 Å². The molecule has 1 aliphatic carbocycles. The van der Waals surface area contributed by atoms with Crippen LogP contribution in [0.15, 0.2) is 59.7 Å². The molecule has 3 atom stereocenters. The molecule has 1 saturated heterocycles. The van der Waals surface area contributed by atoms with Crippen molar-refractivity contribution >= 4 is 11.8 Å². The fraction of sp³-hybridized carbons (Fsp3) is 0.414. The van der Waals surface area contributed by atoms with Crippen LogP contribution in [0.1, 0.15) is 60.7 Å². The van der Waals surface area contributed by atoms with Gasteiger partial charge >= 0.3 is 0 Å². The summed E-state index contributed by atoms with van der Waals surface area (Å²) >= 11 is 0. The highest BCUT2D eigenvalue weighted by molar-refractivity contribution is 5.89. The molecule has 1 aliphatic heterocycles. The first-order chi connectivity index (χ1) is 19.6. The van der Waals surface area contributed by atoms with Gasteiger partial charge in [-0.15, -0.1) is 0 Å². The highest BCUT2D eigenvalue weighted by Crippen LogP contribution is 2.48. The van der Waals surface area contributed by atoms with Gasteiger partial charge in [0, 0.05) is 43.8 Å². The number of carbonyl (C=O) groups excluding carboxylic acids is 2. The van der Waals surface area contributed by atoms with E-state index in [1.54, 1.807) is 37.3 Å². The lowest BCUT2D eigenvalue weighted by atomic mass is 9.77. The van der Waals surface area contributed by atoms with E-state index in [1.165, 1.54) is 29.1 Å². The molecule has 3 unspecified atom stereocenters. The second-order valence-electron chi connectivity index (χ2n) is 10.5. The number of halogens is 4. The lowest BCUT2D eigenvalue weighted by Gasteiger charge is -2.35. The molecule has 41 heavy (non-hydrogen) atoms. The van der Waals surface area contributed by atoms with E-state index in [9.17, 15) is 31.9 Å². The maximum Gasteiger partial charge on any atom is 0.272 e. The molecule has 12 heteroatoms. The molecular weight excluding hydrogens is 542 g/mol. The number of amides is 2. The van der Waals surface area contributed by atoms with Crippen LogP contribution in [0, 0.1) is 5.95 Å². The molecule has 3 heterocycles. The van der Waals surface area contributed by atoms with Crippen LogP contribution in [0.2, 0.25) is 0 Å². The highest BCUT2D eigenvalue weighted by atomic mass is 19.3. The number of hydrogen-bond donors (Lipinski definition) is 1. The molecule has 2 amide bonds. The topological polar surface area (TPSA) is 97.2 Å². The van der Waals surface area contributed by atoms with E-state index in [4.69, 9.17) is 0 Å². The Morgan fingerprint density at radius 1 is 1.15 bits per heavy atom. The van der Waals surface area contributed by atoms with Crippen molar-refractivity contribution in [3.63, 3.8) is 0 Å². The molecule has 3 aromatic rings. The van der Waals surface area contributed by atoms with Crippen molar-refractivity contribution in [3.8, 4) is 0 Å². The van der Waals surface area contributed by atoms with E-state index in [1.807, 2.05) is 0 Å². The number of aryl methyl sites for hydroxylation is 1. The van der Waals surface area contributed by atoms with Crippen molar-refractivity contribution in [2.45, 2.75) is 69.2 Å². The van der Waals surface area contributed by atoms with Crippen molar-refractivity contribution in [1.29, 1.82) is 0 Å². The second-order valence-corrected chi connectivity index (χ2v) is 10.5. The minimum atomic E-state index is -2.82. The van der Waals surface area contributed by atoms with Gasteiger partial charge in [0.2, 0.25) is 23.7 Å². The van der Waals surface area contributed by atoms with Gasteiger partial charge in [-0.1, -0.05) is 36.4 Å². The number of nitrogens with one attached hydrogen (secondary N) is 1. The number of nitrogens with zero attached hydrogens (tertiary/aromatic N) is 4. The molecule has 216 valence electrons. The number of hydrogen-bond acceptors (Lipinski definition) is 5. The zero-order chi connectivity index (χ0) is 29.3. The molecule has 0 spiro atoms. The summed E-state index contributed by atoms with van der Waals surface area (Å²) < 4.78 is 57.7. The summed E-state index contributed by atoms with van der Waals surface area (Å²) in [5.74, 6) is -5.66. The third-order valence-corrected chi connectivity index (χ3v) is 7.66. The van der Waals surface area contributed by atoms with Crippen molar-refractivity contribution in [1.82, 2.24) is 24.8 Å². The third-order valence-electron chi connectivity index (χ3n) is 7.66. The first-order valence-corrected chi connectivity index (χ1v) is 13.4. The summed E-state index contributed by atoms with van der Waals surface area (Å²) in [6.45, 7) is 1.83. The number of carbonyl (C=O) groups is 2. The van der Waals surface area contributed by atoms with Crippen LogP contribution in [0.3, 0.4) is 0 Å². The van der Waals surface area contributed by atoms with Gasteiger partial charge in [0.25, 0.3) is 5.56 Å². The smallest absolute Gasteiger partial charge is 0.272 e. The molecule has 1 N–H and O–H groups in total. The highest BCUT2D eigenvalue weighted by Gasteiger charge is 2.47. The first kappa shape index (κ1) is 28.4. The van der Waals surface area contributed by atoms with Gasteiger partial charge in [-0.25, -0.2) is 18.2 Å². The van der Waals surface area contributed by atoms with Crippen LogP contribution in [0.25, 0.3) is 0 Å². The minimum absolute atomic E-state index is 0.00744. The molecule has 1 aromatic carbocycles. The fourth-order valence-corrected chi connectivity index (χ4v) is 5.43. The summed E-state index contributed by atoms with van der Waals surface area (Å²) in [5.41, 5.74) is 0.316. The predicted octanol–water partition coefficient (Wildman–Crippen LogP) is 3.70. The molecule has 2 aromatic heterocycles. The molecule has 0 radical (unpaired) electrons. The standard InChI is InChI=1S/C29H29F4N5O3/c1-2-37-11-10-34-22(28(37)41)13-24(39)38-16-19(30)12-23(38)27(40)36-25(17-6-4-3-5-7-17)21-9-8-20(26(31)35-21)18-14-29(32,33)15-18/h3-11,18-19,23,25H,2,12-16H2,1H3,(H,36,40). The normalized spacial score (nSPS) is 20.9. The summed E-state index contributed by atoms with van der Waals surface area (Å²) in [7, 11) is 0. The van der Waals surface area contributed by atoms with Gasteiger partial charge in [0.1, 0.15) is 17.9 Å². The number of aromatic nitrogens is 3. The van der Waals surface area contributed by atoms with Crippen molar-refractivity contribution < 1.29 is 27.2 Å². The predicted molar refractivity (Wildman–Crippen MR) is 140 cm³/mol. The van der Waals surface area contributed by atoms with E-state index in [0.717, 1.165) is 4.90 Å². The molecule has 1 saturated carbocycles. The maximum absolute atomic E-state index is 15.0. The van der Waals surface area contributed by atoms with Crippen LogP contribution in [0.4, 0.5) is 17.6 Å². The van der Waals surface area contributed by atoms with E-state index < -0.39 is 72.7 Å². The summed E-state index contributed by atoms with van der Waals surface area (Å²) in [6, 6.07) is 9.32. The Kier molecular flexibility index (Phi) is 7.92. The average Bonchev–Trinajstić information content (AvgIpc) is 3.34. The van der Waals surface area contributed by atoms with E-state index in [0.29, 0.717) is 12.1 Å². The Balaban J connectivity index is 1.37. The second kappa shape index (κ2) is 11.4. The van der Waals surface area contributed by atoms with Gasteiger partial charge in [0.15, 0.2) is 0 Å². The van der Waals surface area contributed by atoms with Crippen LogP contribution in [0.5, 0.6) is 0 Å². The van der Waals surface area contributed by atoms with Crippen molar-refractivity contribution in [3.05, 3.63) is 93.7 Å². The third kappa shape index (κ3) is 6.01. The van der Waals surface area contributed by atoms with Crippen LogP contribution in [-0.2, 0) is 22.6 Å². The fourth-order valence-electron chi connectivity index (χ4n) is 5.43. The number of alkyl halides is 3. The van der Waals surface area contributed by atoms with Crippen molar-refractivity contribution in [2.24, 2.45) is 0 Å². The lowest BCUT2D eigenvalue weighted by Crippen LogP contribution is -2.48. The SMILES string of the molecule is CCn1ccnc(CC(=O)N2CC(F)CC2C(=O)NC(c2ccccc2)c2ccc(C3CC(F)(F)C3)c(F)n2)c1=O. The zero-order valence-electron chi connectivity index (χ0n) is 22.3. The molecular formula is C29H29F4N5O3. The monoisotopic (exact) mass is 571 g/mol. The number of benzene rings is 1. The molecule has 2 aliphatic rings. The van der Waals surface area contributed by atoms with Crippen LogP contribution in [-0.4, -0.2) is 55.9 Å². The lowest BCUT2D eigenvalue weighted by molar-refractivity contribution is -0.138. The Labute approximate surface area is 233 Å². The Bertz CT molecular complexity index is 1490. The quantitative estimate of drug-likeness (QED) is 0.329. The van der Waals surface area contributed by atoms with E-state index in [2.05, 4.69) is 15.3 Å². The zero-order valence-corrected chi connectivity index (χ0v) is 22.3. The Morgan fingerprint density at radius 2 is 1.88 bits per heavy atom. The van der Waals surface area contributed by atoms with Gasteiger partial charge in [-0.3, -0.25) is 19.4 Å². The Hall–Kier alpha value is -4.09.